The van der Waals surface area contributed by atoms with Crippen LogP contribution in [0.3, 0.4) is 0 Å². The lowest BCUT2D eigenvalue weighted by molar-refractivity contribution is 0.0954. The first-order chi connectivity index (χ1) is 7.52. The molecule has 0 unspecified atom stereocenters. The second-order valence-electron chi connectivity index (χ2n) is 3.30. The maximum Gasteiger partial charge on any atom is 0.288 e. The number of nitrogens with zero attached hydrogens (tertiary/aromatic N) is 3. The van der Waals surface area contributed by atoms with Crippen LogP contribution in [0, 0.1) is 0 Å². The molecule has 0 aliphatic rings. The van der Waals surface area contributed by atoms with Gasteiger partial charge in [0, 0.05) is 5.57 Å². The van der Waals surface area contributed by atoms with E-state index in [0.717, 1.165) is 4.57 Å². The Hall–Kier alpha value is -2.44. The number of nitrogens with one attached hydrogen (secondary N) is 1. The number of hydrogen-bond donors (Lipinski definition) is 2. The monoisotopic (exact) mass is 219 g/mol. The summed E-state index contributed by atoms with van der Waals surface area (Å²) < 4.78 is 0.767. The minimum Gasteiger partial charge on any atom is -0.369 e. The summed E-state index contributed by atoms with van der Waals surface area (Å²) in [7, 11) is 0. The molecule has 0 saturated carbocycles. The summed E-state index contributed by atoms with van der Waals surface area (Å²) in [4.78, 5) is 33.8. The third-order valence-electron chi connectivity index (χ3n) is 2.05. The second kappa shape index (κ2) is 3.30. The molecule has 0 aromatic carbocycles. The molecular formula is C9H9N5O2. The molecule has 7 nitrogen and oxygen atoms in total. The molecule has 16 heavy (non-hydrogen) atoms. The van der Waals surface area contributed by atoms with Gasteiger partial charge in [-0.05, 0) is 6.92 Å². The minimum absolute atomic E-state index is 0.142. The van der Waals surface area contributed by atoms with Crippen LogP contribution in [0.5, 0.6) is 0 Å². The molecule has 2 aromatic rings. The first-order valence-electron chi connectivity index (χ1n) is 4.44. The quantitative estimate of drug-likeness (QED) is 0.652. The van der Waals surface area contributed by atoms with Gasteiger partial charge in [0.25, 0.3) is 11.5 Å². The molecule has 0 aliphatic heterocycles. The molecule has 0 bridgehead atoms. The number of anilines is 1. The van der Waals surface area contributed by atoms with Gasteiger partial charge in [-0.25, -0.2) is 9.55 Å². The Morgan fingerprint density at radius 3 is 2.94 bits per heavy atom. The van der Waals surface area contributed by atoms with Gasteiger partial charge in [0.05, 0.1) is 6.33 Å². The highest BCUT2D eigenvalue weighted by atomic mass is 16.2. The fourth-order valence-corrected chi connectivity index (χ4v) is 1.29. The van der Waals surface area contributed by atoms with E-state index in [-0.39, 0.29) is 22.7 Å². The predicted octanol–water partition coefficient (Wildman–Crippen LogP) is -0.0819. The Morgan fingerprint density at radius 1 is 1.62 bits per heavy atom. The number of nitrogens with two attached hydrogens (primary N) is 1. The minimum atomic E-state index is -0.577. The van der Waals surface area contributed by atoms with Crippen molar-refractivity contribution in [1.82, 2.24) is 19.5 Å². The van der Waals surface area contributed by atoms with Gasteiger partial charge >= 0.3 is 0 Å². The Kier molecular flexibility index (Phi) is 2.08. The lowest BCUT2D eigenvalue weighted by atomic mass is 10.3. The van der Waals surface area contributed by atoms with E-state index in [1.54, 1.807) is 0 Å². The first-order valence-corrected chi connectivity index (χ1v) is 4.44. The van der Waals surface area contributed by atoms with Gasteiger partial charge in [-0.2, -0.15) is 4.98 Å². The average Bonchev–Trinajstić information content (AvgIpc) is 2.65. The van der Waals surface area contributed by atoms with Gasteiger partial charge in [0.15, 0.2) is 11.2 Å². The van der Waals surface area contributed by atoms with Crippen LogP contribution in [-0.4, -0.2) is 25.4 Å². The summed E-state index contributed by atoms with van der Waals surface area (Å²) in [6.07, 6.45) is 1.31. The highest BCUT2D eigenvalue weighted by Gasteiger charge is 2.16. The second-order valence-corrected chi connectivity index (χ2v) is 3.30. The Bertz CT molecular complexity index is 651. The number of aromatic amines is 1. The van der Waals surface area contributed by atoms with Crippen molar-refractivity contribution in [2.45, 2.75) is 6.92 Å². The van der Waals surface area contributed by atoms with Gasteiger partial charge < -0.3 is 10.7 Å². The van der Waals surface area contributed by atoms with E-state index in [4.69, 9.17) is 5.73 Å². The van der Waals surface area contributed by atoms with Crippen molar-refractivity contribution in [3.8, 4) is 0 Å². The fraction of sp³-hybridized carbons (Fsp3) is 0.111. The number of rotatable bonds is 1. The van der Waals surface area contributed by atoms with Gasteiger partial charge in [-0.15, -0.1) is 0 Å². The van der Waals surface area contributed by atoms with Crippen LogP contribution in [0.25, 0.3) is 11.2 Å². The van der Waals surface area contributed by atoms with Crippen LogP contribution in [0.2, 0.25) is 0 Å². The Labute approximate surface area is 89.6 Å². The van der Waals surface area contributed by atoms with Crippen LogP contribution in [0.1, 0.15) is 11.7 Å². The summed E-state index contributed by atoms with van der Waals surface area (Å²) in [5.41, 5.74) is 5.48. The average molecular weight is 219 g/mol. The van der Waals surface area contributed by atoms with Crippen molar-refractivity contribution in [3.05, 3.63) is 28.8 Å². The lowest BCUT2D eigenvalue weighted by Gasteiger charge is -2.05. The fourth-order valence-electron chi connectivity index (χ4n) is 1.29. The van der Waals surface area contributed by atoms with E-state index in [1.807, 2.05) is 0 Å². The Balaban J connectivity index is 2.84. The van der Waals surface area contributed by atoms with Crippen LogP contribution in [-0.2, 0) is 0 Å². The summed E-state index contributed by atoms with van der Waals surface area (Å²) in [6, 6.07) is 0. The van der Waals surface area contributed by atoms with Crippen LogP contribution in [0.15, 0.2) is 23.3 Å². The smallest absolute Gasteiger partial charge is 0.288 e. The summed E-state index contributed by atoms with van der Waals surface area (Å²) >= 11 is 0. The van der Waals surface area contributed by atoms with Crippen LogP contribution < -0.4 is 11.3 Å². The molecule has 82 valence electrons. The van der Waals surface area contributed by atoms with E-state index in [2.05, 4.69) is 21.5 Å². The summed E-state index contributed by atoms with van der Waals surface area (Å²) in [6.45, 7) is 4.95. The molecule has 0 fully saturated rings. The van der Waals surface area contributed by atoms with E-state index >= 15 is 0 Å². The number of carbonyl (C=O) groups is 1. The number of nitrogen functional groups attached to an aromatic ring is 1. The van der Waals surface area contributed by atoms with Gasteiger partial charge in [-0.3, -0.25) is 9.59 Å². The Morgan fingerprint density at radius 2 is 2.31 bits per heavy atom. The third kappa shape index (κ3) is 1.29. The highest BCUT2D eigenvalue weighted by Crippen LogP contribution is 2.05. The van der Waals surface area contributed by atoms with Crippen molar-refractivity contribution in [1.29, 1.82) is 0 Å². The molecule has 0 aliphatic carbocycles. The number of hydrogen-bond acceptors (Lipinski definition) is 5. The van der Waals surface area contributed by atoms with Crippen molar-refractivity contribution >= 4 is 23.0 Å². The van der Waals surface area contributed by atoms with E-state index in [1.165, 1.54) is 13.3 Å². The number of fused-ring (bicyclic) bond motifs is 1. The van der Waals surface area contributed by atoms with Crippen molar-refractivity contribution in [2.24, 2.45) is 0 Å². The molecule has 0 saturated heterocycles. The number of carbonyl (C=O) groups excluding carboxylic acids is 1. The zero-order valence-electron chi connectivity index (χ0n) is 8.52. The molecule has 3 N–H and O–H groups in total. The molecule has 0 radical (unpaired) electrons. The maximum absolute atomic E-state index is 11.9. The predicted molar refractivity (Wildman–Crippen MR) is 58.0 cm³/mol. The largest absolute Gasteiger partial charge is 0.369 e. The zero-order chi connectivity index (χ0) is 11.9. The topological polar surface area (TPSA) is 107 Å². The van der Waals surface area contributed by atoms with E-state index in [9.17, 15) is 9.59 Å². The van der Waals surface area contributed by atoms with Gasteiger partial charge in [0.1, 0.15) is 0 Å². The molecule has 0 atom stereocenters. The summed E-state index contributed by atoms with van der Waals surface area (Å²) in [5, 5.41) is 0. The molecule has 0 amide bonds. The van der Waals surface area contributed by atoms with Crippen LogP contribution in [0.4, 0.5) is 5.95 Å². The zero-order valence-corrected chi connectivity index (χ0v) is 8.52. The van der Waals surface area contributed by atoms with Crippen molar-refractivity contribution in [2.75, 3.05) is 5.73 Å². The van der Waals surface area contributed by atoms with E-state index < -0.39 is 11.5 Å². The molecular weight excluding hydrogens is 210 g/mol. The molecule has 2 rings (SSSR count). The highest BCUT2D eigenvalue weighted by molar-refractivity contribution is 5.96. The number of allylic oxidation sites excluding steroid dienone is 1. The van der Waals surface area contributed by atoms with Gasteiger partial charge in [0.2, 0.25) is 5.95 Å². The third-order valence-corrected chi connectivity index (χ3v) is 2.05. The maximum atomic E-state index is 11.9. The molecule has 2 aromatic heterocycles. The molecule has 7 heteroatoms. The number of imidazole rings is 1. The summed E-state index contributed by atoms with van der Waals surface area (Å²) in [5.74, 6) is -0.774. The van der Waals surface area contributed by atoms with Crippen molar-refractivity contribution in [3.63, 3.8) is 0 Å². The molecule has 2 heterocycles. The van der Waals surface area contributed by atoms with Crippen molar-refractivity contribution < 1.29 is 4.79 Å². The molecule has 0 spiro atoms. The SMILES string of the molecule is C=C(C)C(=O)n1c(N)nc2nc[nH]c2c1=O. The van der Waals surface area contributed by atoms with Crippen LogP contribution >= 0.6 is 0 Å². The lowest BCUT2D eigenvalue weighted by Crippen LogP contribution is -2.30. The van der Waals surface area contributed by atoms with Gasteiger partial charge in [-0.1, -0.05) is 6.58 Å². The first kappa shape index (κ1) is 10.1. The van der Waals surface area contributed by atoms with E-state index in [0.29, 0.717) is 0 Å². The number of H-pyrrole nitrogens is 1. The number of aromatic nitrogens is 4. The normalized spacial score (nSPS) is 10.6. The standard InChI is InChI=1S/C9H9N5O2/c1-4(2)7(15)14-8(16)5-6(12-3-11-5)13-9(14)10/h3H,1H2,2H3,(H2,10,13)(H,11,12).